The number of fused-ring (bicyclic) bond motifs is 2. The van der Waals surface area contributed by atoms with Gasteiger partial charge in [0.2, 0.25) is 12.7 Å². The van der Waals surface area contributed by atoms with Crippen molar-refractivity contribution in [3.8, 4) is 17.2 Å². The number of nitrogens with one attached hydrogen (secondary N) is 1. The lowest BCUT2D eigenvalue weighted by molar-refractivity contribution is -0.121. The minimum absolute atomic E-state index is 0.0124. The molecule has 6 nitrogen and oxygen atoms in total. The maximum absolute atomic E-state index is 13.4. The van der Waals surface area contributed by atoms with E-state index in [2.05, 4.69) is 24.3 Å². The molecule has 0 saturated heterocycles. The van der Waals surface area contributed by atoms with Crippen molar-refractivity contribution in [3.05, 3.63) is 71.3 Å². The number of nitrogens with zero attached hydrogens (tertiary/aromatic N) is 2. The second kappa shape index (κ2) is 7.41. The number of halogens is 1. The van der Waals surface area contributed by atoms with Crippen molar-refractivity contribution in [1.29, 1.82) is 0 Å². The van der Waals surface area contributed by atoms with Crippen LogP contribution < -0.4 is 14.8 Å². The highest BCUT2D eigenvalue weighted by Crippen LogP contribution is 2.41. The van der Waals surface area contributed by atoms with Crippen molar-refractivity contribution < 1.29 is 18.7 Å². The Labute approximate surface area is 180 Å². The number of hydrogen-bond acceptors (Lipinski definition) is 4. The summed E-state index contributed by atoms with van der Waals surface area (Å²) in [5.74, 6) is 1.05. The largest absolute Gasteiger partial charge is 0.454 e. The molecule has 1 unspecified atom stereocenters. The van der Waals surface area contributed by atoms with Crippen molar-refractivity contribution in [2.45, 2.75) is 39.2 Å². The Balaban J connectivity index is 1.37. The van der Waals surface area contributed by atoms with Gasteiger partial charge in [-0.25, -0.2) is 9.07 Å². The first-order chi connectivity index (χ1) is 14.9. The van der Waals surface area contributed by atoms with Gasteiger partial charge in [-0.1, -0.05) is 19.9 Å². The van der Waals surface area contributed by atoms with Crippen LogP contribution in [0.5, 0.6) is 11.5 Å². The standard InChI is InChI=1S/C24H24FN3O3/c1-24(2)11-19(27-23(29)10-15-3-8-21-22(9-15)31-14-30-21)18-13-26-28(20(18)12-24)17-6-4-16(25)5-7-17/h3-9,13,19H,10-12,14H2,1-2H3,(H,27,29). The molecule has 1 amide bonds. The van der Waals surface area contributed by atoms with E-state index in [0.717, 1.165) is 35.3 Å². The van der Waals surface area contributed by atoms with Crippen molar-refractivity contribution in [2.75, 3.05) is 6.79 Å². The second-order valence-corrected chi connectivity index (χ2v) is 8.96. The third-order valence-electron chi connectivity index (χ3n) is 5.89. The van der Waals surface area contributed by atoms with E-state index in [1.54, 1.807) is 12.1 Å². The van der Waals surface area contributed by atoms with Gasteiger partial charge in [0.05, 0.1) is 30.0 Å². The van der Waals surface area contributed by atoms with Gasteiger partial charge in [0.25, 0.3) is 0 Å². The van der Waals surface area contributed by atoms with E-state index in [4.69, 9.17) is 9.47 Å². The highest BCUT2D eigenvalue weighted by molar-refractivity contribution is 5.79. The third-order valence-corrected chi connectivity index (χ3v) is 5.89. The fourth-order valence-electron chi connectivity index (χ4n) is 4.46. The molecule has 1 aromatic heterocycles. The number of ether oxygens (including phenoxy) is 2. The van der Waals surface area contributed by atoms with Crippen LogP contribution in [0.1, 0.15) is 43.1 Å². The number of rotatable bonds is 4. The molecule has 160 valence electrons. The lowest BCUT2D eigenvalue weighted by Crippen LogP contribution is -2.37. The lowest BCUT2D eigenvalue weighted by Gasteiger charge is -2.36. The van der Waals surface area contributed by atoms with Gasteiger partial charge in [-0.2, -0.15) is 5.10 Å². The van der Waals surface area contributed by atoms with Crippen molar-refractivity contribution in [3.63, 3.8) is 0 Å². The van der Waals surface area contributed by atoms with E-state index in [0.29, 0.717) is 11.5 Å². The quantitative estimate of drug-likeness (QED) is 0.689. The van der Waals surface area contributed by atoms with E-state index in [9.17, 15) is 9.18 Å². The first kappa shape index (κ1) is 19.6. The molecule has 1 atom stereocenters. The molecule has 0 spiro atoms. The number of carbonyl (C=O) groups excluding carboxylic acids is 1. The summed E-state index contributed by atoms with van der Waals surface area (Å²) in [7, 11) is 0. The summed E-state index contributed by atoms with van der Waals surface area (Å²) in [6.07, 6.45) is 3.73. The average Bonchev–Trinajstić information content (AvgIpc) is 3.34. The molecule has 0 saturated carbocycles. The summed E-state index contributed by atoms with van der Waals surface area (Å²) in [5, 5.41) is 7.75. The van der Waals surface area contributed by atoms with Crippen molar-refractivity contribution in [1.82, 2.24) is 15.1 Å². The number of benzene rings is 2. The van der Waals surface area contributed by atoms with Gasteiger partial charge in [0, 0.05) is 5.56 Å². The van der Waals surface area contributed by atoms with Gasteiger partial charge >= 0.3 is 0 Å². The Hall–Kier alpha value is -3.35. The average molecular weight is 421 g/mol. The van der Waals surface area contributed by atoms with E-state index in [1.807, 2.05) is 29.1 Å². The van der Waals surface area contributed by atoms with E-state index in [1.165, 1.54) is 12.1 Å². The molecule has 0 radical (unpaired) electrons. The van der Waals surface area contributed by atoms with Gasteiger partial charge in [0.1, 0.15) is 5.82 Å². The maximum Gasteiger partial charge on any atom is 0.231 e. The van der Waals surface area contributed by atoms with E-state index < -0.39 is 0 Å². The predicted octanol–water partition coefficient (Wildman–Crippen LogP) is 4.11. The zero-order chi connectivity index (χ0) is 21.6. The summed E-state index contributed by atoms with van der Waals surface area (Å²) in [6.45, 7) is 4.59. The number of aromatic nitrogens is 2. The number of carbonyl (C=O) groups is 1. The van der Waals surface area contributed by atoms with Crippen LogP contribution in [0, 0.1) is 11.2 Å². The molecule has 1 N–H and O–H groups in total. The van der Waals surface area contributed by atoms with Gasteiger partial charge in [-0.05, 0) is 60.2 Å². The molecule has 5 rings (SSSR count). The molecule has 2 aliphatic rings. The molecule has 7 heteroatoms. The number of amides is 1. The van der Waals surface area contributed by atoms with Crippen LogP contribution in [0.15, 0.2) is 48.7 Å². The maximum atomic E-state index is 13.4. The van der Waals surface area contributed by atoms with Crippen LogP contribution in [-0.4, -0.2) is 22.5 Å². The second-order valence-electron chi connectivity index (χ2n) is 8.96. The van der Waals surface area contributed by atoms with Gasteiger partial charge in [0.15, 0.2) is 11.5 Å². The Morgan fingerprint density at radius 2 is 1.97 bits per heavy atom. The zero-order valence-corrected chi connectivity index (χ0v) is 17.5. The molecule has 0 fully saturated rings. The topological polar surface area (TPSA) is 65.4 Å². The van der Waals surface area contributed by atoms with Crippen LogP contribution in [-0.2, 0) is 17.6 Å². The molecular weight excluding hydrogens is 397 g/mol. The summed E-state index contributed by atoms with van der Waals surface area (Å²) in [5.41, 5.74) is 3.74. The van der Waals surface area contributed by atoms with Gasteiger partial charge in [-0.15, -0.1) is 0 Å². The highest BCUT2D eigenvalue weighted by atomic mass is 19.1. The van der Waals surface area contributed by atoms with Gasteiger partial charge < -0.3 is 14.8 Å². The van der Waals surface area contributed by atoms with Crippen molar-refractivity contribution >= 4 is 5.91 Å². The third kappa shape index (κ3) is 3.87. The lowest BCUT2D eigenvalue weighted by atomic mass is 9.74. The van der Waals surface area contributed by atoms with Crippen LogP contribution in [0.25, 0.3) is 5.69 Å². The predicted molar refractivity (Wildman–Crippen MR) is 113 cm³/mol. The molecule has 3 aromatic rings. The Bertz CT molecular complexity index is 1140. The SMILES string of the molecule is CC1(C)Cc2c(cnn2-c2ccc(F)cc2)C(NC(=O)Cc2ccc3c(c2)OCO3)C1. The number of hydrogen-bond donors (Lipinski definition) is 1. The zero-order valence-electron chi connectivity index (χ0n) is 17.5. The minimum Gasteiger partial charge on any atom is -0.454 e. The highest BCUT2D eigenvalue weighted by Gasteiger charge is 2.36. The molecule has 1 aliphatic carbocycles. The Kier molecular flexibility index (Phi) is 4.68. The molecule has 2 aromatic carbocycles. The van der Waals surface area contributed by atoms with E-state index in [-0.39, 0.29) is 36.4 Å². The summed E-state index contributed by atoms with van der Waals surface area (Å²) < 4.78 is 26.0. The Morgan fingerprint density at radius 3 is 2.77 bits per heavy atom. The first-order valence-corrected chi connectivity index (χ1v) is 10.4. The molecule has 31 heavy (non-hydrogen) atoms. The van der Waals surface area contributed by atoms with Gasteiger partial charge in [-0.3, -0.25) is 4.79 Å². The van der Waals surface area contributed by atoms with Crippen molar-refractivity contribution in [2.24, 2.45) is 5.41 Å². The molecule has 1 aliphatic heterocycles. The van der Waals surface area contributed by atoms with E-state index >= 15 is 0 Å². The summed E-state index contributed by atoms with van der Waals surface area (Å²) in [4.78, 5) is 12.9. The van der Waals surface area contributed by atoms with Crippen LogP contribution in [0.3, 0.4) is 0 Å². The Morgan fingerprint density at radius 1 is 1.19 bits per heavy atom. The van der Waals surface area contributed by atoms with Crippen LogP contribution in [0.2, 0.25) is 0 Å². The first-order valence-electron chi connectivity index (χ1n) is 10.4. The molecule has 0 bridgehead atoms. The summed E-state index contributed by atoms with van der Waals surface area (Å²) in [6, 6.07) is 11.7. The van der Waals surface area contributed by atoms with Crippen LogP contribution >= 0.6 is 0 Å². The molecule has 2 heterocycles. The monoisotopic (exact) mass is 421 g/mol. The normalized spacial score (nSPS) is 18.5. The summed E-state index contributed by atoms with van der Waals surface area (Å²) >= 11 is 0. The smallest absolute Gasteiger partial charge is 0.231 e. The molecular formula is C24H24FN3O3. The fraction of sp³-hybridized carbons (Fsp3) is 0.333. The fourth-order valence-corrected chi connectivity index (χ4v) is 4.46. The minimum atomic E-state index is -0.279. The van der Waals surface area contributed by atoms with Crippen LogP contribution in [0.4, 0.5) is 4.39 Å².